The molecule has 0 saturated heterocycles. The molecule has 144 valence electrons. The molecule has 28 heavy (non-hydrogen) atoms. The summed E-state index contributed by atoms with van der Waals surface area (Å²) in [5.74, 6) is 0.275. The zero-order valence-electron chi connectivity index (χ0n) is 15.3. The van der Waals surface area contributed by atoms with Crippen molar-refractivity contribution in [3.63, 3.8) is 0 Å². The lowest BCUT2D eigenvalue weighted by atomic mass is 10.1. The molecule has 2 amide bonds. The Morgan fingerprint density at radius 3 is 2.43 bits per heavy atom. The third-order valence-electron chi connectivity index (χ3n) is 4.25. The third kappa shape index (κ3) is 4.72. The van der Waals surface area contributed by atoms with E-state index < -0.39 is 0 Å². The average Bonchev–Trinajstić information content (AvgIpc) is 2.67. The Labute approximate surface area is 179 Å². The molecule has 0 aliphatic rings. The summed E-state index contributed by atoms with van der Waals surface area (Å²) >= 11 is 7.01. The normalized spacial score (nSPS) is 10.6. The van der Waals surface area contributed by atoms with Gasteiger partial charge >= 0.3 is 0 Å². The molecule has 0 saturated carbocycles. The van der Waals surface area contributed by atoms with Crippen molar-refractivity contribution < 1.29 is 14.3 Å². The number of nitrogens with one attached hydrogen (secondary N) is 1. The molecule has 7 heteroatoms. The van der Waals surface area contributed by atoms with Crippen molar-refractivity contribution >= 4 is 65.8 Å². The van der Waals surface area contributed by atoms with Gasteiger partial charge in [-0.3, -0.25) is 9.59 Å². The molecule has 0 fully saturated rings. The monoisotopic (exact) mass is 504 g/mol. The van der Waals surface area contributed by atoms with E-state index in [2.05, 4.69) is 37.2 Å². The lowest BCUT2D eigenvalue weighted by molar-refractivity contribution is -0.118. The van der Waals surface area contributed by atoms with Crippen LogP contribution in [0, 0.1) is 0 Å². The summed E-state index contributed by atoms with van der Waals surface area (Å²) in [5, 5.41) is 4.85. The first-order valence-electron chi connectivity index (χ1n) is 8.50. The fraction of sp³-hybridized carbons (Fsp3) is 0.143. The van der Waals surface area contributed by atoms with Gasteiger partial charge in [-0.25, -0.2) is 0 Å². The van der Waals surface area contributed by atoms with Crippen LogP contribution in [0.3, 0.4) is 0 Å². The fourth-order valence-corrected chi connectivity index (χ4v) is 3.63. The molecule has 0 atom stereocenters. The summed E-state index contributed by atoms with van der Waals surface area (Å²) in [7, 11) is 1.70. The SMILES string of the molecule is CC(=O)N(C)c1ccc(NC(=O)COc2ccc3cc(Br)ccc3c2Br)cc1. The molecule has 0 unspecified atom stereocenters. The Bertz CT molecular complexity index is 1040. The van der Waals surface area contributed by atoms with Crippen LogP contribution in [0.1, 0.15) is 6.92 Å². The van der Waals surface area contributed by atoms with E-state index in [1.165, 1.54) is 11.8 Å². The molecule has 0 aromatic heterocycles. The van der Waals surface area contributed by atoms with Gasteiger partial charge in [-0.15, -0.1) is 0 Å². The number of benzene rings is 3. The zero-order chi connectivity index (χ0) is 20.3. The second-order valence-corrected chi connectivity index (χ2v) is 7.91. The summed E-state index contributed by atoms with van der Waals surface area (Å²) in [5.41, 5.74) is 1.39. The molecule has 0 bridgehead atoms. The minimum Gasteiger partial charge on any atom is -0.483 e. The standard InChI is InChI=1S/C21H18Br2N2O3/c1-13(26)25(2)17-7-5-16(6-8-17)24-20(27)12-28-19-10-3-14-11-15(22)4-9-18(14)21(19)23/h3-11H,12H2,1-2H3,(H,24,27). The molecular formula is C21H18Br2N2O3. The van der Waals surface area contributed by atoms with Crippen LogP contribution in [0.25, 0.3) is 10.8 Å². The van der Waals surface area contributed by atoms with E-state index in [0.29, 0.717) is 11.4 Å². The minimum absolute atomic E-state index is 0.0569. The molecule has 0 aliphatic carbocycles. The van der Waals surface area contributed by atoms with Crippen LogP contribution in [0.4, 0.5) is 11.4 Å². The van der Waals surface area contributed by atoms with Crippen LogP contribution < -0.4 is 15.0 Å². The smallest absolute Gasteiger partial charge is 0.262 e. The van der Waals surface area contributed by atoms with Crippen molar-refractivity contribution in [2.24, 2.45) is 0 Å². The first-order valence-corrected chi connectivity index (χ1v) is 10.1. The second-order valence-electron chi connectivity index (χ2n) is 6.20. The quantitative estimate of drug-likeness (QED) is 0.507. The number of anilines is 2. The maximum absolute atomic E-state index is 12.2. The molecular weight excluding hydrogens is 488 g/mol. The number of carbonyl (C=O) groups excluding carboxylic acids is 2. The van der Waals surface area contributed by atoms with Crippen molar-refractivity contribution in [2.45, 2.75) is 6.92 Å². The largest absolute Gasteiger partial charge is 0.483 e. The van der Waals surface area contributed by atoms with Crippen molar-refractivity contribution in [2.75, 3.05) is 23.9 Å². The maximum Gasteiger partial charge on any atom is 0.262 e. The van der Waals surface area contributed by atoms with Gasteiger partial charge in [-0.2, -0.15) is 0 Å². The summed E-state index contributed by atoms with van der Waals surface area (Å²) in [6, 6.07) is 16.8. The Kier molecular flexibility index (Phi) is 6.36. The number of fused-ring (bicyclic) bond motifs is 1. The lowest BCUT2D eigenvalue weighted by Crippen LogP contribution is -2.23. The number of nitrogens with zero attached hydrogens (tertiary/aromatic N) is 1. The predicted octanol–water partition coefficient (Wildman–Crippen LogP) is 5.37. The third-order valence-corrected chi connectivity index (χ3v) is 5.56. The summed E-state index contributed by atoms with van der Waals surface area (Å²) in [6.45, 7) is 1.38. The van der Waals surface area contributed by atoms with Crippen LogP contribution in [0.5, 0.6) is 5.75 Å². The molecule has 0 aliphatic heterocycles. The van der Waals surface area contributed by atoms with Crippen LogP contribution in [-0.4, -0.2) is 25.5 Å². The van der Waals surface area contributed by atoms with E-state index in [9.17, 15) is 9.59 Å². The highest BCUT2D eigenvalue weighted by molar-refractivity contribution is 9.11. The highest BCUT2D eigenvalue weighted by Crippen LogP contribution is 2.34. The van der Waals surface area contributed by atoms with E-state index >= 15 is 0 Å². The molecule has 0 spiro atoms. The molecule has 3 rings (SSSR count). The van der Waals surface area contributed by atoms with Gasteiger partial charge in [-0.05, 0) is 69.2 Å². The van der Waals surface area contributed by atoms with Crippen molar-refractivity contribution in [3.05, 3.63) is 63.5 Å². The summed E-state index contributed by atoms with van der Waals surface area (Å²) in [4.78, 5) is 25.1. The number of ether oxygens (including phenoxy) is 1. The topological polar surface area (TPSA) is 58.6 Å². The molecule has 3 aromatic rings. The minimum atomic E-state index is -0.268. The van der Waals surface area contributed by atoms with Gasteiger partial charge in [0.25, 0.3) is 5.91 Å². The molecule has 5 nitrogen and oxygen atoms in total. The second kappa shape index (κ2) is 8.75. The fourth-order valence-electron chi connectivity index (χ4n) is 2.64. The van der Waals surface area contributed by atoms with Gasteiger partial charge in [0, 0.05) is 29.8 Å². The highest BCUT2D eigenvalue weighted by Gasteiger charge is 2.10. The summed E-state index contributed by atoms with van der Waals surface area (Å²) in [6.07, 6.45) is 0. The van der Waals surface area contributed by atoms with E-state index in [-0.39, 0.29) is 18.4 Å². The van der Waals surface area contributed by atoms with Crippen LogP contribution in [0.2, 0.25) is 0 Å². The van der Waals surface area contributed by atoms with E-state index in [1.54, 1.807) is 31.3 Å². The number of amides is 2. The lowest BCUT2D eigenvalue weighted by Gasteiger charge is -2.15. The molecule has 3 aromatic carbocycles. The Hall–Kier alpha value is -2.38. The summed E-state index contributed by atoms with van der Waals surface area (Å²) < 4.78 is 7.49. The number of hydrogen-bond acceptors (Lipinski definition) is 3. The maximum atomic E-state index is 12.2. The van der Waals surface area contributed by atoms with Gasteiger partial charge < -0.3 is 15.0 Å². The number of hydrogen-bond donors (Lipinski definition) is 1. The van der Waals surface area contributed by atoms with Crippen LogP contribution >= 0.6 is 31.9 Å². The first-order chi connectivity index (χ1) is 13.3. The number of halogens is 2. The number of rotatable bonds is 5. The van der Waals surface area contributed by atoms with Crippen molar-refractivity contribution in [3.8, 4) is 5.75 Å². The van der Waals surface area contributed by atoms with Crippen molar-refractivity contribution in [1.29, 1.82) is 0 Å². The highest BCUT2D eigenvalue weighted by atomic mass is 79.9. The van der Waals surface area contributed by atoms with Gasteiger partial charge in [0.15, 0.2) is 6.61 Å². The molecule has 1 N–H and O–H groups in total. The first kappa shape index (κ1) is 20.4. The zero-order valence-corrected chi connectivity index (χ0v) is 18.5. The van der Waals surface area contributed by atoms with Crippen LogP contribution in [0.15, 0.2) is 63.5 Å². The van der Waals surface area contributed by atoms with Gasteiger partial charge in [0.05, 0.1) is 4.47 Å². The molecule has 0 radical (unpaired) electrons. The van der Waals surface area contributed by atoms with Crippen LogP contribution in [-0.2, 0) is 9.59 Å². The number of carbonyl (C=O) groups is 2. The van der Waals surface area contributed by atoms with Gasteiger partial charge in [0.1, 0.15) is 5.75 Å². The van der Waals surface area contributed by atoms with E-state index in [1.807, 2.05) is 30.3 Å². The predicted molar refractivity (Wildman–Crippen MR) is 119 cm³/mol. The van der Waals surface area contributed by atoms with Gasteiger partial charge in [0.2, 0.25) is 5.91 Å². The Morgan fingerprint density at radius 2 is 1.75 bits per heavy atom. The van der Waals surface area contributed by atoms with E-state index in [4.69, 9.17) is 4.74 Å². The van der Waals surface area contributed by atoms with Gasteiger partial charge in [-0.1, -0.05) is 28.1 Å². The van der Waals surface area contributed by atoms with Crippen molar-refractivity contribution in [1.82, 2.24) is 0 Å². The molecule has 0 heterocycles. The Balaban J connectivity index is 1.63. The average molecular weight is 506 g/mol. The Morgan fingerprint density at radius 1 is 1.04 bits per heavy atom. The van der Waals surface area contributed by atoms with E-state index in [0.717, 1.165) is 25.4 Å².